The molecule has 2 fully saturated rings. The Morgan fingerprint density at radius 2 is 1.43 bits per heavy atom. The highest BCUT2D eigenvalue weighted by molar-refractivity contribution is 8.02. The van der Waals surface area contributed by atoms with Crippen molar-refractivity contribution in [2.24, 2.45) is 0 Å². The zero-order valence-electron chi connectivity index (χ0n) is 23.5. The summed E-state index contributed by atoms with van der Waals surface area (Å²) in [7, 11) is 0. The number of carbonyl (C=O) groups excluding carboxylic acids is 4. The molecule has 0 aliphatic carbocycles. The quantitative estimate of drug-likeness (QED) is 0.154. The molecule has 0 unspecified atom stereocenters. The standard InChI is InChI=1S/C23H20N12O6S6/c36-11(1-33-6-24-31-32-33)27-12-17(38)34-14(9(2-42-19(12)34)4-44-22-29-25-7-46-22)16(37)28-13-18(39)35-15(21(40)41)10(3-43-20(13)35)5-45-23-30-26-8-47-23/h6-8,12-13,19-20H,1-5H2,(H,27,36)(H,28,37)(H,40,41)/t12-,13-,19-,20-/m1/s1. The van der Waals surface area contributed by atoms with Crippen LogP contribution in [0.1, 0.15) is 0 Å². The van der Waals surface area contributed by atoms with Gasteiger partial charge in [0.25, 0.3) is 17.7 Å². The highest BCUT2D eigenvalue weighted by atomic mass is 32.2. The van der Waals surface area contributed by atoms with Crippen molar-refractivity contribution in [2.75, 3.05) is 23.0 Å². The van der Waals surface area contributed by atoms with Gasteiger partial charge in [-0.25, -0.2) is 9.48 Å². The van der Waals surface area contributed by atoms with E-state index in [2.05, 4.69) is 46.6 Å². The Labute approximate surface area is 289 Å². The fraction of sp³-hybridized carbons (Fsp3) is 0.391. The molecule has 18 nitrogen and oxygen atoms in total. The van der Waals surface area contributed by atoms with Gasteiger partial charge >= 0.3 is 5.97 Å². The predicted octanol–water partition coefficient (Wildman–Crippen LogP) is -0.647. The van der Waals surface area contributed by atoms with E-state index in [4.69, 9.17) is 0 Å². The molecule has 4 aliphatic rings. The van der Waals surface area contributed by atoms with Gasteiger partial charge < -0.3 is 15.7 Å². The number of rotatable bonds is 12. The molecule has 3 aromatic heterocycles. The Balaban J connectivity index is 1.07. The first-order valence-electron chi connectivity index (χ1n) is 13.5. The summed E-state index contributed by atoms with van der Waals surface area (Å²) >= 11 is 8.14. The van der Waals surface area contributed by atoms with Crippen LogP contribution < -0.4 is 10.6 Å². The third-order valence-electron chi connectivity index (χ3n) is 7.23. The molecule has 0 bridgehead atoms. The van der Waals surface area contributed by atoms with Crippen LogP contribution >= 0.6 is 69.7 Å². The van der Waals surface area contributed by atoms with E-state index >= 15 is 0 Å². The predicted molar refractivity (Wildman–Crippen MR) is 171 cm³/mol. The van der Waals surface area contributed by atoms with Gasteiger partial charge in [-0.15, -0.1) is 49.0 Å². The third kappa shape index (κ3) is 6.24. The lowest BCUT2D eigenvalue weighted by Crippen LogP contribution is -2.73. The normalized spacial score (nSPS) is 23.6. The van der Waals surface area contributed by atoms with Crippen LogP contribution in [-0.2, 0) is 30.5 Å². The second-order valence-corrected chi connectivity index (χ2v) is 16.3. The fourth-order valence-electron chi connectivity index (χ4n) is 5.18. The number of hydrogen-bond acceptors (Lipinski definition) is 18. The molecule has 4 atom stereocenters. The van der Waals surface area contributed by atoms with E-state index in [1.807, 2.05) is 0 Å². The lowest BCUT2D eigenvalue weighted by Gasteiger charge is -2.52. The molecular weight excluding hydrogens is 733 g/mol. The first kappa shape index (κ1) is 32.0. The number of carboxylic acid groups (broad SMARTS) is 1. The molecule has 47 heavy (non-hydrogen) atoms. The van der Waals surface area contributed by atoms with Gasteiger partial charge in [0.2, 0.25) is 5.91 Å². The Bertz CT molecular complexity index is 1780. The van der Waals surface area contributed by atoms with Crippen molar-refractivity contribution < 1.29 is 29.1 Å². The summed E-state index contributed by atoms with van der Waals surface area (Å²) in [6.07, 6.45) is 1.28. The molecule has 244 valence electrons. The van der Waals surface area contributed by atoms with Gasteiger partial charge in [-0.2, -0.15) is 0 Å². The van der Waals surface area contributed by atoms with Crippen molar-refractivity contribution >= 4 is 99.3 Å². The number of carboxylic acids is 1. The Morgan fingerprint density at radius 3 is 1.96 bits per heavy atom. The van der Waals surface area contributed by atoms with Crippen LogP contribution in [0.15, 0.2) is 48.6 Å². The largest absolute Gasteiger partial charge is 0.477 e. The Morgan fingerprint density at radius 1 is 0.851 bits per heavy atom. The molecule has 3 N–H and O–H groups in total. The van der Waals surface area contributed by atoms with Gasteiger partial charge in [0.15, 0.2) is 8.68 Å². The van der Waals surface area contributed by atoms with Crippen LogP contribution in [0, 0.1) is 0 Å². The van der Waals surface area contributed by atoms with E-state index in [1.54, 1.807) is 11.0 Å². The first-order valence-corrected chi connectivity index (χ1v) is 19.3. The second-order valence-electron chi connectivity index (χ2n) is 10.0. The van der Waals surface area contributed by atoms with Gasteiger partial charge in [0.1, 0.15) is 58.1 Å². The minimum atomic E-state index is -1.23. The van der Waals surface area contributed by atoms with E-state index in [9.17, 15) is 29.1 Å². The van der Waals surface area contributed by atoms with Gasteiger partial charge in [0.05, 0.1) is 0 Å². The van der Waals surface area contributed by atoms with Crippen LogP contribution in [0.5, 0.6) is 0 Å². The minimum Gasteiger partial charge on any atom is -0.477 e. The molecule has 4 aliphatic heterocycles. The van der Waals surface area contributed by atoms with Gasteiger partial charge in [-0.1, -0.05) is 46.2 Å². The first-order chi connectivity index (χ1) is 22.8. The molecule has 0 aromatic carbocycles. The molecule has 0 saturated carbocycles. The average molecular weight is 753 g/mol. The zero-order valence-corrected chi connectivity index (χ0v) is 28.4. The molecule has 2 saturated heterocycles. The lowest BCUT2D eigenvalue weighted by atomic mass is 10.0. The molecule has 24 heteroatoms. The number of amides is 4. The van der Waals surface area contributed by atoms with Crippen LogP contribution in [0.3, 0.4) is 0 Å². The number of hydrogen-bond donors (Lipinski definition) is 3. The molecule has 4 amide bonds. The summed E-state index contributed by atoms with van der Waals surface area (Å²) < 4.78 is 2.59. The highest BCUT2D eigenvalue weighted by Crippen LogP contribution is 2.44. The van der Waals surface area contributed by atoms with E-state index in [0.717, 1.165) is 0 Å². The average Bonchev–Trinajstić information content (AvgIpc) is 3.88. The summed E-state index contributed by atoms with van der Waals surface area (Å²) in [5, 5.41) is 40.6. The number of aromatic nitrogens is 8. The number of tetrazole rings is 1. The number of nitrogens with zero attached hydrogens (tertiary/aromatic N) is 10. The van der Waals surface area contributed by atoms with Crippen molar-refractivity contribution in [3.05, 3.63) is 39.9 Å². The Hall–Kier alpha value is -3.58. The topological polar surface area (TPSA) is 231 Å². The van der Waals surface area contributed by atoms with Crippen LogP contribution in [0.4, 0.5) is 0 Å². The zero-order chi connectivity index (χ0) is 32.7. The molecule has 0 radical (unpaired) electrons. The van der Waals surface area contributed by atoms with Crippen molar-refractivity contribution in [3.8, 4) is 0 Å². The van der Waals surface area contributed by atoms with E-state index in [-0.39, 0.29) is 17.9 Å². The summed E-state index contributed by atoms with van der Waals surface area (Å²) in [6, 6.07) is -1.88. The maximum atomic E-state index is 13.9. The molecule has 3 aromatic rings. The number of carbonyl (C=O) groups is 5. The summed E-state index contributed by atoms with van der Waals surface area (Å²) in [6.45, 7) is -0.185. The van der Waals surface area contributed by atoms with Crippen molar-refractivity contribution in [3.63, 3.8) is 0 Å². The number of fused-ring (bicyclic) bond motifs is 2. The molecule has 7 heterocycles. The number of β-lactam (4-membered cyclic amide) rings is 2. The number of thioether (sulfide) groups is 4. The van der Waals surface area contributed by atoms with Gasteiger partial charge in [-0.05, 0) is 21.6 Å². The molecular formula is C23H20N12O6S6. The SMILES string of the molecule is O=C(Cn1cnnn1)N[C@@H]1C(=O)N2C(C(=O)N[C@@H]3C(=O)N4C(C(=O)O)=C(CSc5nncs5)CS[C@H]34)=C(CSc3nncs3)CS[C@H]12. The van der Waals surface area contributed by atoms with Crippen molar-refractivity contribution in [2.45, 2.75) is 38.1 Å². The van der Waals surface area contributed by atoms with E-state index in [0.29, 0.717) is 42.8 Å². The van der Waals surface area contributed by atoms with Gasteiger partial charge in [-0.3, -0.25) is 29.0 Å². The monoisotopic (exact) mass is 752 g/mol. The van der Waals surface area contributed by atoms with Crippen molar-refractivity contribution in [1.82, 2.24) is 61.0 Å². The highest BCUT2D eigenvalue weighted by Gasteiger charge is 2.57. The van der Waals surface area contributed by atoms with Crippen LogP contribution in [0.25, 0.3) is 0 Å². The fourth-order valence-corrected chi connectivity index (χ4v) is 11.1. The number of aliphatic carboxylic acids is 1. The second kappa shape index (κ2) is 13.5. The maximum Gasteiger partial charge on any atom is 0.352 e. The summed E-state index contributed by atoms with van der Waals surface area (Å²) in [5.74, 6) is -1.98. The molecule has 7 rings (SSSR count). The van der Waals surface area contributed by atoms with Gasteiger partial charge in [0, 0.05) is 23.0 Å². The van der Waals surface area contributed by atoms with Crippen LogP contribution in [-0.4, -0.2) is 131 Å². The third-order valence-corrected chi connectivity index (χ3v) is 13.8. The lowest BCUT2D eigenvalue weighted by molar-refractivity contribution is -0.151. The summed E-state index contributed by atoms with van der Waals surface area (Å²) in [4.78, 5) is 68.2. The Kier molecular flexibility index (Phi) is 9.19. The molecule has 0 spiro atoms. The minimum absolute atomic E-state index is 0.0954. The van der Waals surface area contributed by atoms with Crippen LogP contribution in [0.2, 0.25) is 0 Å². The van der Waals surface area contributed by atoms with Crippen molar-refractivity contribution in [1.29, 1.82) is 0 Å². The smallest absolute Gasteiger partial charge is 0.352 e. The summed E-state index contributed by atoms with van der Waals surface area (Å²) in [5.41, 5.74) is 4.41. The van der Waals surface area contributed by atoms with E-state index < -0.39 is 52.4 Å². The van der Waals surface area contributed by atoms with E-state index in [1.165, 1.54) is 90.5 Å². The number of nitrogens with one attached hydrogen (secondary N) is 2. The maximum absolute atomic E-state index is 13.9.